The van der Waals surface area contributed by atoms with Gasteiger partial charge in [0.15, 0.2) is 19.5 Å². The van der Waals surface area contributed by atoms with E-state index >= 15 is 0 Å². The summed E-state index contributed by atoms with van der Waals surface area (Å²) in [4.78, 5) is 47.0. The number of hydrogen-bond donors (Lipinski definition) is 2. The van der Waals surface area contributed by atoms with Gasteiger partial charge in [0.25, 0.3) is 5.91 Å². The summed E-state index contributed by atoms with van der Waals surface area (Å²) < 4.78 is 10.1. The van der Waals surface area contributed by atoms with Gasteiger partial charge in [-0.05, 0) is 68.4 Å². The lowest BCUT2D eigenvalue weighted by Gasteiger charge is -2.56. The molecule has 4 bridgehead atoms. The van der Waals surface area contributed by atoms with E-state index in [-0.39, 0.29) is 11.3 Å². The van der Waals surface area contributed by atoms with Crippen LogP contribution < -0.4 is 15.4 Å². The van der Waals surface area contributed by atoms with Crippen molar-refractivity contribution < 1.29 is 28.7 Å². The van der Waals surface area contributed by atoms with Crippen LogP contribution in [0.3, 0.4) is 0 Å². The fourth-order valence-corrected chi connectivity index (χ4v) is 5.73. The van der Waals surface area contributed by atoms with Gasteiger partial charge in [-0.1, -0.05) is 12.1 Å². The van der Waals surface area contributed by atoms with Crippen LogP contribution in [0.2, 0.25) is 0 Å². The summed E-state index contributed by atoms with van der Waals surface area (Å²) in [6.45, 7) is -1.02. The van der Waals surface area contributed by atoms with E-state index < -0.39 is 31.1 Å². The first-order chi connectivity index (χ1) is 14.4. The summed E-state index contributed by atoms with van der Waals surface area (Å²) in [5.74, 6) is 0.822. The van der Waals surface area contributed by atoms with Gasteiger partial charge < -0.3 is 14.8 Å². The van der Waals surface area contributed by atoms with Crippen LogP contribution in [0.5, 0.6) is 5.75 Å². The summed E-state index contributed by atoms with van der Waals surface area (Å²) in [6.07, 6.45) is 7.35. The van der Waals surface area contributed by atoms with Crippen molar-refractivity contribution >= 4 is 24.2 Å². The van der Waals surface area contributed by atoms with E-state index in [1.165, 1.54) is 19.3 Å². The van der Waals surface area contributed by atoms with Crippen LogP contribution in [0, 0.1) is 17.8 Å². The molecule has 0 heterocycles. The first-order valence-corrected chi connectivity index (χ1v) is 10.4. The van der Waals surface area contributed by atoms with Crippen molar-refractivity contribution in [2.24, 2.45) is 17.8 Å². The minimum atomic E-state index is -0.771. The normalized spacial score (nSPS) is 28.5. The first kappa shape index (κ1) is 20.4. The van der Waals surface area contributed by atoms with Crippen molar-refractivity contribution in [2.45, 2.75) is 44.1 Å². The smallest absolute Gasteiger partial charge is 0.344 e. The Morgan fingerprint density at radius 1 is 1.00 bits per heavy atom. The number of urea groups is 1. The fourth-order valence-electron chi connectivity index (χ4n) is 5.73. The van der Waals surface area contributed by atoms with Gasteiger partial charge in [-0.3, -0.25) is 14.9 Å². The average molecular weight is 414 g/mol. The van der Waals surface area contributed by atoms with Gasteiger partial charge in [0.05, 0.1) is 5.56 Å². The van der Waals surface area contributed by atoms with Crippen LogP contribution in [0.15, 0.2) is 24.3 Å². The van der Waals surface area contributed by atoms with E-state index in [1.54, 1.807) is 24.3 Å². The Labute approximate surface area is 174 Å². The molecule has 0 unspecified atom stereocenters. The number of carbonyl (C=O) groups is 4. The summed E-state index contributed by atoms with van der Waals surface area (Å²) in [6, 6.07) is 5.92. The molecule has 4 saturated carbocycles. The maximum atomic E-state index is 12.3. The van der Waals surface area contributed by atoms with Gasteiger partial charge in [-0.25, -0.2) is 9.59 Å². The van der Waals surface area contributed by atoms with Crippen molar-refractivity contribution in [2.75, 3.05) is 13.2 Å². The van der Waals surface area contributed by atoms with Crippen LogP contribution in [0.25, 0.3) is 0 Å². The molecule has 0 aliphatic heterocycles. The van der Waals surface area contributed by atoms with Gasteiger partial charge in [-0.2, -0.15) is 0 Å². The van der Waals surface area contributed by atoms with E-state index in [0.29, 0.717) is 29.6 Å². The number of benzene rings is 1. The van der Waals surface area contributed by atoms with Crippen LogP contribution in [-0.4, -0.2) is 42.9 Å². The molecule has 1 aromatic rings. The zero-order valence-corrected chi connectivity index (χ0v) is 16.7. The lowest BCUT2D eigenvalue weighted by Crippen LogP contribution is -2.62. The highest BCUT2D eigenvalue weighted by molar-refractivity contribution is 5.95. The SMILES string of the molecule is O=Cc1ccccc1OCC(=O)OCC(=O)NC(=O)NC12CC3CC(CC(C3)C1)C2. The van der Waals surface area contributed by atoms with Gasteiger partial charge >= 0.3 is 12.0 Å². The predicted octanol–water partition coefficient (Wildman–Crippen LogP) is 2.22. The molecule has 0 radical (unpaired) electrons. The van der Waals surface area contributed by atoms with Crippen molar-refractivity contribution in [3.63, 3.8) is 0 Å². The molecule has 0 saturated heterocycles. The van der Waals surface area contributed by atoms with Gasteiger partial charge in [0.1, 0.15) is 5.75 Å². The maximum absolute atomic E-state index is 12.3. The second-order valence-electron chi connectivity index (χ2n) is 8.81. The Balaban J connectivity index is 1.19. The summed E-state index contributed by atoms with van der Waals surface area (Å²) >= 11 is 0. The highest BCUT2D eigenvalue weighted by Gasteiger charge is 2.51. The topological polar surface area (TPSA) is 111 Å². The molecule has 3 amide bonds. The number of ether oxygens (including phenoxy) is 2. The lowest BCUT2D eigenvalue weighted by molar-refractivity contribution is -0.150. The van der Waals surface area contributed by atoms with E-state index in [9.17, 15) is 19.2 Å². The third kappa shape index (κ3) is 4.63. The minimum Gasteiger partial charge on any atom is -0.481 e. The van der Waals surface area contributed by atoms with Crippen LogP contribution in [0.4, 0.5) is 4.79 Å². The largest absolute Gasteiger partial charge is 0.481 e. The minimum absolute atomic E-state index is 0.199. The van der Waals surface area contributed by atoms with E-state index in [0.717, 1.165) is 19.3 Å². The molecule has 0 atom stereocenters. The lowest BCUT2D eigenvalue weighted by atomic mass is 9.53. The Morgan fingerprint density at radius 3 is 2.27 bits per heavy atom. The number of carbonyl (C=O) groups excluding carboxylic acids is 4. The second kappa shape index (κ2) is 8.45. The van der Waals surface area contributed by atoms with Crippen molar-refractivity contribution in [1.82, 2.24) is 10.6 Å². The number of amides is 3. The summed E-state index contributed by atoms with van der Waals surface area (Å²) in [5.41, 5.74) is 0.111. The van der Waals surface area contributed by atoms with Crippen molar-refractivity contribution in [3.05, 3.63) is 29.8 Å². The molecule has 4 aliphatic carbocycles. The fraction of sp³-hybridized carbons (Fsp3) is 0.545. The quantitative estimate of drug-likeness (QED) is 0.523. The molecule has 4 aliphatic rings. The molecular formula is C22H26N2O6. The molecule has 8 nitrogen and oxygen atoms in total. The third-order valence-electron chi connectivity index (χ3n) is 6.43. The summed E-state index contributed by atoms with van der Waals surface area (Å²) in [5, 5.41) is 5.28. The molecule has 1 aromatic carbocycles. The molecule has 0 spiro atoms. The maximum Gasteiger partial charge on any atom is 0.344 e. The number of para-hydroxylation sites is 1. The number of esters is 1. The number of nitrogens with one attached hydrogen (secondary N) is 2. The Bertz CT molecular complexity index is 817. The van der Waals surface area contributed by atoms with Gasteiger partial charge in [-0.15, -0.1) is 0 Å². The number of rotatable bonds is 7. The molecule has 160 valence electrons. The Hall–Kier alpha value is -2.90. The molecule has 2 N–H and O–H groups in total. The highest BCUT2D eigenvalue weighted by atomic mass is 16.6. The van der Waals surface area contributed by atoms with Gasteiger partial charge in [0.2, 0.25) is 0 Å². The van der Waals surface area contributed by atoms with E-state index in [2.05, 4.69) is 10.6 Å². The second-order valence-corrected chi connectivity index (χ2v) is 8.81. The number of aldehydes is 1. The molecule has 5 rings (SSSR count). The van der Waals surface area contributed by atoms with Crippen LogP contribution in [0.1, 0.15) is 48.9 Å². The van der Waals surface area contributed by atoms with Crippen LogP contribution in [-0.2, 0) is 14.3 Å². The van der Waals surface area contributed by atoms with Crippen LogP contribution >= 0.6 is 0 Å². The monoisotopic (exact) mass is 414 g/mol. The number of imide groups is 1. The number of hydrogen-bond acceptors (Lipinski definition) is 6. The van der Waals surface area contributed by atoms with Crippen molar-refractivity contribution in [3.8, 4) is 5.75 Å². The third-order valence-corrected chi connectivity index (χ3v) is 6.43. The summed E-state index contributed by atoms with van der Waals surface area (Å²) in [7, 11) is 0. The Kier molecular flexibility index (Phi) is 5.74. The molecular weight excluding hydrogens is 388 g/mol. The van der Waals surface area contributed by atoms with Gasteiger partial charge in [0, 0.05) is 5.54 Å². The van der Waals surface area contributed by atoms with Crippen molar-refractivity contribution in [1.29, 1.82) is 0 Å². The Morgan fingerprint density at radius 2 is 1.63 bits per heavy atom. The average Bonchev–Trinajstić information content (AvgIpc) is 2.69. The molecule has 8 heteroatoms. The standard InChI is InChI=1S/C22H26N2O6/c25-11-17-3-1-2-4-18(17)29-13-20(27)30-12-19(26)23-21(28)24-22-8-14-5-15(9-22)7-16(6-14)10-22/h1-4,11,14-16H,5-10,12-13H2,(H2,23,24,26,28). The predicted molar refractivity (Wildman–Crippen MR) is 106 cm³/mol. The highest BCUT2D eigenvalue weighted by Crippen LogP contribution is 2.55. The zero-order chi connectivity index (χ0) is 21.1. The van der Waals surface area contributed by atoms with E-state index in [4.69, 9.17) is 9.47 Å². The molecule has 30 heavy (non-hydrogen) atoms. The molecule has 4 fully saturated rings. The zero-order valence-electron chi connectivity index (χ0n) is 16.7. The first-order valence-electron chi connectivity index (χ1n) is 10.4. The molecule has 0 aromatic heterocycles. The van der Waals surface area contributed by atoms with E-state index in [1.807, 2.05) is 0 Å².